The Morgan fingerprint density at radius 2 is 0.700 bits per heavy atom. The SMILES string of the molecule is O=C([O-])COc1c(-c2c(OCC(=O)[O-])c3ccccc3c3ccccc23)c2ccccc2c2ccccc12.[K+].[K+]. The van der Waals surface area contributed by atoms with Crippen LogP contribution in [0.1, 0.15) is 0 Å². The summed E-state index contributed by atoms with van der Waals surface area (Å²) in [4.78, 5) is 23.0. The standard InChI is InChI=1S/C32H22O6.2K/c33-27(34)17-37-31-25-15-7-3-11-21(25)19-9-1-5-13-23(19)29(31)30-24-14-6-2-10-20(24)22-12-4-8-16-26(22)32(30)38-18-28(35)36;;/h1-16H,17-18H2,(H,33,34)(H,35,36);;/q;2*+1/p-2. The number of carbonyl (C=O) groups is 2. The van der Waals surface area contributed by atoms with Gasteiger partial charge < -0.3 is 29.3 Å². The fourth-order valence-corrected chi connectivity index (χ4v) is 5.28. The van der Waals surface area contributed by atoms with E-state index < -0.39 is 25.2 Å². The van der Waals surface area contributed by atoms with Gasteiger partial charge in [-0.1, -0.05) is 97.1 Å². The van der Waals surface area contributed by atoms with Gasteiger partial charge in [-0.15, -0.1) is 0 Å². The molecule has 6 nitrogen and oxygen atoms in total. The smallest absolute Gasteiger partial charge is 0.546 e. The predicted molar refractivity (Wildman–Crippen MR) is 143 cm³/mol. The first-order chi connectivity index (χ1) is 18.5. The summed E-state index contributed by atoms with van der Waals surface area (Å²) in [5.74, 6) is -2.01. The van der Waals surface area contributed by atoms with Crippen molar-refractivity contribution in [3.63, 3.8) is 0 Å². The number of rotatable bonds is 7. The Morgan fingerprint density at radius 3 is 1.00 bits per heavy atom. The van der Waals surface area contributed by atoms with Crippen LogP contribution in [0.15, 0.2) is 97.1 Å². The first kappa shape index (κ1) is 31.1. The molecule has 0 aliphatic carbocycles. The summed E-state index contributed by atoms with van der Waals surface area (Å²) >= 11 is 0. The normalized spacial score (nSPS) is 10.7. The third-order valence-corrected chi connectivity index (χ3v) is 6.69. The fraction of sp³-hybridized carbons (Fsp3) is 0.0625. The molecule has 0 saturated heterocycles. The van der Waals surface area contributed by atoms with Crippen LogP contribution in [0.2, 0.25) is 0 Å². The molecule has 6 rings (SSSR count). The van der Waals surface area contributed by atoms with E-state index in [4.69, 9.17) is 9.47 Å². The number of fused-ring (bicyclic) bond motifs is 6. The Bertz CT molecular complexity index is 1760. The van der Waals surface area contributed by atoms with Crippen LogP contribution in [-0.2, 0) is 9.59 Å². The molecule has 8 heteroatoms. The van der Waals surface area contributed by atoms with Gasteiger partial charge in [-0.05, 0) is 32.3 Å². The Morgan fingerprint density at radius 1 is 0.450 bits per heavy atom. The zero-order valence-electron chi connectivity index (χ0n) is 22.1. The second kappa shape index (κ2) is 13.4. The number of ether oxygens (including phenoxy) is 2. The zero-order valence-corrected chi connectivity index (χ0v) is 28.3. The van der Waals surface area contributed by atoms with Crippen molar-refractivity contribution in [2.24, 2.45) is 0 Å². The number of hydrogen-bond acceptors (Lipinski definition) is 6. The number of hydrogen-bond donors (Lipinski definition) is 0. The van der Waals surface area contributed by atoms with Gasteiger partial charge in [0.05, 0.1) is 11.9 Å². The van der Waals surface area contributed by atoms with Crippen molar-refractivity contribution in [1.29, 1.82) is 0 Å². The van der Waals surface area contributed by atoms with Gasteiger partial charge in [0.2, 0.25) is 0 Å². The van der Waals surface area contributed by atoms with Gasteiger partial charge in [-0.25, -0.2) is 0 Å². The molecule has 40 heavy (non-hydrogen) atoms. The molecule has 0 saturated carbocycles. The second-order valence-corrected chi connectivity index (χ2v) is 8.91. The number of benzene rings is 6. The molecular weight excluding hydrogens is 559 g/mol. The number of carbonyl (C=O) groups excluding carboxylic acids is 2. The monoisotopic (exact) mass is 578 g/mol. The number of carboxylic acid groups (broad SMARTS) is 2. The summed E-state index contributed by atoms with van der Waals surface area (Å²) in [7, 11) is 0. The third-order valence-electron chi connectivity index (χ3n) is 6.69. The minimum Gasteiger partial charge on any atom is -0.546 e. The largest absolute Gasteiger partial charge is 1.00 e. The quantitative estimate of drug-likeness (QED) is 0.164. The summed E-state index contributed by atoms with van der Waals surface area (Å²) in [6.07, 6.45) is 0. The molecule has 0 aliphatic heterocycles. The van der Waals surface area contributed by atoms with E-state index >= 15 is 0 Å². The topological polar surface area (TPSA) is 98.7 Å². The number of aliphatic carboxylic acids is 2. The zero-order chi connectivity index (χ0) is 26.2. The summed E-state index contributed by atoms with van der Waals surface area (Å²) in [6.45, 7) is -1.31. The Balaban J connectivity index is 0.00000185. The fourth-order valence-electron chi connectivity index (χ4n) is 5.28. The first-order valence-electron chi connectivity index (χ1n) is 12.1. The van der Waals surface area contributed by atoms with Crippen LogP contribution in [0.3, 0.4) is 0 Å². The summed E-state index contributed by atoms with van der Waals surface area (Å²) in [5.41, 5.74) is 1.21. The van der Waals surface area contributed by atoms with Crippen LogP contribution in [0.4, 0.5) is 0 Å². The number of carboxylic acids is 2. The molecule has 0 N–H and O–H groups in total. The van der Waals surface area contributed by atoms with Gasteiger partial charge in [-0.3, -0.25) is 0 Å². The van der Waals surface area contributed by atoms with Crippen molar-refractivity contribution >= 4 is 55.0 Å². The summed E-state index contributed by atoms with van der Waals surface area (Å²) < 4.78 is 11.9. The minimum absolute atomic E-state index is 0. The summed E-state index contributed by atoms with van der Waals surface area (Å²) in [5, 5.41) is 29.7. The van der Waals surface area contributed by atoms with E-state index in [0.29, 0.717) is 33.4 Å². The van der Waals surface area contributed by atoms with Crippen molar-refractivity contribution in [1.82, 2.24) is 0 Å². The van der Waals surface area contributed by atoms with Crippen LogP contribution in [0.5, 0.6) is 11.5 Å². The maximum absolute atomic E-state index is 11.5. The van der Waals surface area contributed by atoms with Gasteiger partial charge in [0.1, 0.15) is 24.7 Å². The van der Waals surface area contributed by atoms with E-state index in [1.165, 1.54) is 0 Å². The Hall–Kier alpha value is -1.83. The maximum Gasteiger partial charge on any atom is 1.00 e. The Kier molecular flexibility index (Phi) is 10.4. The van der Waals surface area contributed by atoms with E-state index in [0.717, 1.165) is 32.3 Å². The van der Waals surface area contributed by atoms with E-state index in [1.807, 2.05) is 97.1 Å². The molecule has 0 heterocycles. The van der Waals surface area contributed by atoms with Gasteiger partial charge in [0, 0.05) is 21.9 Å². The van der Waals surface area contributed by atoms with Crippen LogP contribution < -0.4 is 122 Å². The molecule has 186 valence electrons. The van der Waals surface area contributed by atoms with E-state index in [1.54, 1.807) is 0 Å². The summed E-state index contributed by atoms with van der Waals surface area (Å²) in [6, 6.07) is 30.8. The Labute approximate surface area is 315 Å². The maximum atomic E-state index is 11.5. The molecule has 0 spiro atoms. The molecule has 0 unspecified atom stereocenters. The van der Waals surface area contributed by atoms with Crippen molar-refractivity contribution in [3.8, 4) is 22.6 Å². The van der Waals surface area contributed by atoms with Crippen molar-refractivity contribution in [3.05, 3.63) is 97.1 Å². The predicted octanol–water partition coefficient (Wildman–Crippen LogP) is -1.77. The van der Waals surface area contributed by atoms with Gasteiger partial charge in [0.15, 0.2) is 0 Å². The van der Waals surface area contributed by atoms with E-state index in [2.05, 4.69) is 0 Å². The molecule has 6 aromatic rings. The molecule has 0 radical (unpaired) electrons. The molecule has 0 aromatic heterocycles. The van der Waals surface area contributed by atoms with Crippen LogP contribution in [0, 0.1) is 0 Å². The van der Waals surface area contributed by atoms with Crippen molar-refractivity contribution in [2.75, 3.05) is 13.2 Å². The van der Waals surface area contributed by atoms with Crippen LogP contribution >= 0.6 is 0 Å². The molecular formula is C32H20K2O6. The molecule has 0 fully saturated rings. The van der Waals surface area contributed by atoms with E-state index in [9.17, 15) is 19.8 Å². The van der Waals surface area contributed by atoms with Crippen molar-refractivity contribution in [2.45, 2.75) is 0 Å². The van der Waals surface area contributed by atoms with Gasteiger partial charge in [0.25, 0.3) is 0 Å². The van der Waals surface area contributed by atoms with E-state index in [-0.39, 0.29) is 103 Å². The van der Waals surface area contributed by atoms with Gasteiger partial charge in [-0.2, -0.15) is 0 Å². The van der Waals surface area contributed by atoms with Crippen LogP contribution in [-0.4, -0.2) is 25.2 Å². The average molecular weight is 579 g/mol. The second-order valence-electron chi connectivity index (χ2n) is 8.91. The molecule has 0 atom stereocenters. The van der Waals surface area contributed by atoms with Crippen molar-refractivity contribution < 1.29 is 132 Å². The minimum atomic E-state index is -1.36. The average Bonchev–Trinajstić information content (AvgIpc) is 2.94. The first-order valence-corrected chi connectivity index (χ1v) is 12.1. The molecule has 0 amide bonds. The van der Waals surface area contributed by atoms with Gasteiger partial charge >= 0.3 is 103 Å². The third kappa shape index (κ3) is 5.76. The molecule has 6 aromatic carbocycles. The van der Waals surface area contributed by atoms with Crippen LogP contribution in [0.25, 0.3) is 54.2 Å². The molecule has 0 aliphatic rings. The molecule has 0 bridgehead atoms.